The number of carbonyl (C=O) groups is 1. The number of aromatic nitrogens is 1. The summed E-state index contributed by atoms with van der Waals surface area (Å²) in [5.74, 6) is -0.993. The number of methoxy groups -OCH3 is 1. The van der Waals surface area contributed by atoms with Crippen LogP contribution in [0.3, 0.4) is 0 Å². The van der Waals surface area contributed by atoms with Crippen LogP contribution in [0.15, 0.2) is 41.5 Å². The van der Waals surface area contributed by atoms with Crippen LogP contribution in [0, 0.1) is 5.82 Å². The van der Waals surface area contributed by atoms with Gasteiger partial charge in [-0.3, -0.25) is 4.79 Å². The first-order valence-corrected chi connectivity index (χ1v) is 10.8. The zero-order valence-electron chi connectivity index (χ0n) is 16.7. The van der Waals surface area contributed by atoms with Crippen LogP contribution in [0.25, 0.3) is 0 Å². The molecular weight excluding hydrogens is 429 g/mol. The number of anilines is 1. The normalized spacial score (nSPS) is 24.3. The minimum Gasteiger partial charge on any atom is -0.495 e. The number of hydrogen-bond acceptors (Lipinski definition) is 8. The van der Waals surface area contributed by atoms with Gasteiger partial charge in [-0.1, -0.05) is 0 Å². The molecule has 3 heterocycles. The second kappa shape index (κ2) is 7.46. The number of carbonyl (C=O) groups excluding carboxylic acids is 1. The monoisotopic (exact) mass is 449 g/mol. The molecule has 1 amide bonds. The first-order valence-electron chi connectivity index (χ1n) is 9.25. The van der Waals surface area contributed by atoms with Gasteiger partial charge in [-0.15, -0.1) is 0 Å². The standard InChI is InChI=1S/C19H20FN5O5S/c1-25-18(21)24-19(7-8-30-17(19)31(25,27)28)13-9-11(3-5-14(13)20)23-16(26)15-6-4-12(29-2)10-22-15/h3-6,9-10,17H,7-8H2,1-2H3,(H2,21,24)(H,23,26)/t17?,19-/m1/s1. The Morgan fingerprint density at radius 2 is 2.16 bits per heavy atom. The van der Waals surface area contributed by atoms with Gasteiger partial charge in [0, 0.05) is 24.7 Å². The fraction of sp³-hybridized carbons (Fsp3) is 0.316. The topological polar surface area (TPSA) is 136 Å². The average molecular weight is 449 g/mol. The van der Waals surface area contributed by atoms with Gasteiger partial charge in [0.1, 0.15) is 22.8 Å². The summed E-state index contributed by atoms with van der Waals surface area (Å²) in [6.45, 7) is 0.0559. The van der Waals surface area contributed by atoms with Crippen molar-refractivity contribution in [3.8, 4) is 5.75 Å². The Kier molecular flexibility index (Phi) is 5.06. The Hall–Kier alpha value is -3.25. The molecule has 1 saturated heterocycles. The first-order chi connectivity index (χ1) is 14.7. The molecule has 12 heteroatoms. The van der Waals surface area contributed by atoms with Gasteiger partial charge >= 0.3 is 0 Å². The van der Waals surface area contributed by atoms with E-state index in [9.17, 15) is 17.6 Å². The molecule has 1 aromatic carbocycles. The molecule has 31 heavy (non-hydrogen) atoms. The highest BCUT2D eigenvalue weighted by Gasteiger charge is 2.58. The van der Waals surface area contributed by atoms with Crippen molar-refractivity contribution < 1.29 is 27.1 Å². The van der Waals surface area contributed by atoms with Crippen molar-refractivity contribution in [2.45, 2.75) is 17.4 Å². The van der Waals surface area contributed by atoms with E-state index in [0.717, 1.165) is 10.4 Å². The summed E-state index contributed by atoms with van der Waals surface area (Å²) in [5, 5.41) is 2.63. The summed E-state index contributed by atoms with van der Waals surface area (Å²) in [6, 6.07) is 6.90. The third kappa shape index (κ3) is 3.37. The fourth-order valence-electron chi connectivity index (χ4n) is 3.65. The number of rotatable bonds is 4. The quantitative estimate of drug-likeness (QED) is 0.711. The van der Waals surface area contributed by atoms with Crippen LogP contribution < -0.4 is 15.8 Å². The molecule has 2 aliphatic rings. The second-order valence-corrected chi connectivity index (χ2v) is 9.10. The Morgan fingerprint density at radius 1 is 1.39 bits per heavy atom. The van der Waals surface area contributed by atoms with E-state index in [-0.39, 0.29) is 35.9 Å². The number of nitrogens with two attached hydrogens (primary N) is 1. The van der Waals surface area contributed by atoms with E-state index in [2.05, 4.69) is 15.3 Å². The highest BCUT2D eigenvalue weighted by atomic mass is 32.2. The third-order valence-corrected chi connectivity index (χ3v) is 7.34. The number of benzene rings is 1. The van der Waals surface area contributed by atoms with Gasteiger partial charge < -0.3 is 20.5 Å². The highest BCUT2D eigenvalue weighted by molar-refractivity contribution is 7.90. The van der Waals surface area contributed by atoms with E-state index in [1.807, 2.05) is 0 Å². The highest BCUT2D eigenvalue weighted by Crippen LogP contribution is 2.46. The van der Waals surface area contributed by atoms with Crippen LogP contribution in [0.5, 0.6) is 5.75 Å². The van der Waals surface area contributed by atoms with Crippen molar-refractivity contribution in [3.05, 3.63) is 53.6 Å². The number of guanidine groups is 1. The number of aliphatic imine (C=N–C) groups is 1. The third-order valence-electron chi connectivity index (χ3n) is 5.33. The number of fused-ring (bicyclic) bond motifs is 1. The molecule has 0 radical (unpaired) electrons. The zero-order valence-corrected chi connectivity index (χ0v) is 17.5. The van der Waals surface area contributed by atoms with Crippen molar-refractivity contribution in [2.24, 2.45) is 10.7 Å². The van der Waals surface area contributed by atoms with E-state index in [0.29, 0.717) is 5.75 Å². The number of pyridine rings is 1. The van der Waals surface area contributed by atoms with Crippen LogP contribution in [-0.2, 0) is 20.3 Å². The molecule has 1 unspecified atom stereocenters. The van der Waals surface area contributed by atoms with Crippen molar-refractivity contribution in [2.75, 3.05) is 26.1 Å². The Bertz CT molecular complexity index is 1170. The van der Waals surface area contributed by atoms with Crippen LogP contribution in [0.2, 0.25) is 0 Å². The Morgan fingerprint density at radius 3 is 2.84 bits per heavy atom. The predicted molar refractivity (Wildman–Crippen MR) is 109 cm³/mol. The molecular formula is C19H20FN5O5S. The molecule has 10 nitrogen and oxygen atoms in total. The molecule has 164 valence electrons. The molecule has 0 bridgehead atoms. The minimum atomic E-state index is -4.02. The van der Waals surface area contributed by atoms with E-state index in [1.54, 1.807) is 6.07 Å². The molecule has 4 rings (SSSR count). The van der Waals surface area contributed by atoms with Crippen LogP contribution in [0.1, 0.15) is 22.5 Å². The first kappa shape index (κ1) is 21.0. The van der Waals surface area contributed by atoms with Crippen molar-refractivity contribution in [1.82, 2.24) is 9.29 Å². The van der Waals surface area contributed by atoms with Gasteiger partial charge in [0.05, 0.1) is 19.9 Å². The van der Waals surface area contributed by atoms with Gasteiger partial charge in [0.25, 0.3) is 15.9 Å². The molecule has 3 N–H and O–H groups in total. The summed E-state index contributed by atoms with van der Waals surface area (Å²) in [6.07, 6.45) is 1.51. The number of sulfonamides is 1. The summed E-state index contributed by atoms with van der Waals surface area (Å²) in [7, 11) is -1.28. The average Bonchev–Trinajstić information content (AvgIpc) is 3.19. The SMILES string of the molecule is COc1ccc(C(=O)Nc2ccc(F)c([C@]34CCOC3S(=O)(=O)N(C)C(N)=N4)c2)nc1. The van der Waals surface area contributed by atoms with E-state index in [1.165, 1.54) is 38.6 Å². The van der Waals surface area contributed by atoms with E-state index >= 15 is 0 Å². The molecule has 2 aliphatic heterocycles. The Labute approximate surface area is 177 Å². The lowest BCUT2D eigenvalue weighted by Gasteiger charge is -2.38. The van der Waals surface area contributed by atoms with Crippen molar-refractivity contribution in [1.29, 1.82) is 0 Å². The summed E-state index contributed by atoms with van der Waals surface area (Å²) in [4.78, 5) is 20.9. The molecule has 0 saturated carbocycles. The maximum absolute atomic E-state index is 14.9. The summed E-state index contributed by atoms with van der Waals surface area (Å²) in [5.41, 5.74) is 3.17. The fourth-order valence-corrected chi connectivity index (χ4v) is 5.30. The lowest BCUT2D eigenvalue weighted by Crippen LogP contribution is -2.55. The number of amides is 1. The lowest BCUT2D eigenvalue weighted by atomic mass is 9.88. The molecule has 2 atom stereocenters. The van der Waals surface area contributed by atoms with Gasteiger partial charge in [0.2, 0.25) is 11.4 Å². The van der Waals surface area contributed by atoms with Crippen molar-refractivity contribution in [3.63, 3.8) is 0 Å². The lowest BCUT2D eigenvalue weighted by molar-refractivity contribution is 0.102. The number of nitrogens with zero attached hydrogens (tertiary/aromatic N) is 3. The van der Waals surface area contributed by atoms with E-state index in [4.69, 9.17) is 15.2 Å². The molecule has 0 spiro atoms. The molecule has 1 fully saturated rings. The van der Waals surface area contributed by atoms with Crippen LogP contribution in [-0.4, -0.2) is 55.8 Å². The second-order valence-electron chi connectivity index (χ2n) is 7.09. The van der Waals surface area contributed by atoms with Crippen molar-refractivity contribution >= 4 is 27.6 Å². The van der Waals surface area contributed by atoms with Crippen LogP contribution in [0.4, 0.5) is 10.1 Å². The van der Waals surface area contributed by atoms with Gasteiger partial charge in [0.15, 0.2) is 0 Å². The van der Waals surface area contributed by atoms with Gasteiger partial charge in [-0.2, -0.15) is 0 Å². The summed E-state index contributed by atoms with van der Waals surface area (Å²) >= 11 is 0. The van der Waals surface area contributed by atoms with E-state index < -0.39 is 32.7 Å². The zero-order chi connectivity index (χ0) is 22.4. The number of ether oxygens (including phenoxy) is 2. The van der Waals surface area contributed by atoms with Gasteiger partial charge in [-0.05, 0) is 30.3 Å². The minimum absolute atomic E-state index is 0.0323. The smallest absolute Gasteiger partial charge is 0.274 e. The van der Waals surface area contributed by atoms with Crippen LogP contribution >= 0.6 is 0 Å². The maximum Gasteiger partial charge on any atom is 0.274 e. The number of hydrogen-bond donors (Lipinski definition) is 2. The molecule has 0 aliphatic carbocycles. The van der Waals surface area contributed by atoms with Gasteiger partial charge in [-0.25, -0.2) is 27.1 Å². The number of halogens is 1. The summed E-state index contributed by atoms with van der Waals surface area (Å²) < 4.78 is 51.8. The number of nitrogens with one attached hydrogen (secondary N) is 1. The largest absolute Gasteiger partial charge is 0.495 e. The molecule has 1 aromatic heterocycles. The predicted octanol–water partition coefficient (Wildman–Crippen LogP) is 1.01. The Balaban J connectivity index is 1.72. The molecule has 2 aromatic rings. The maximum atomic E-state index is 14.9.